The van der Waals surface area contributed by atoms with Crippen LogP contribution in [0.5, 0.6) is 23.0 Å². The fourth-order valence-corrected chi connectivity index (χ4v) is 6.08. The molecule has 3 aromatic rings. The smallest absolute Gasteiger partial charge is 0.165 e. The van der Waals surface area contributed by atoms with E-state index in [1.54, 1.807) is 32.4 Å². The maximum atomic E-state index is 15.0. The van der Waals surface area contributed by atoms with Crippen LogP contribution >= 0.6 is 0 Å². The van der Waals surface area contributed by atoms with Crippen molar-refractivity contribution in [1.29, 1.82) is 0 Å². The lowest BCUT2D eigenvalue weighted by molar-refractivity contribution is 0.270. The summed E-state index contributed by atoms with van der Waals surface area (Å²) in [4.78, 5) is 2.27. The standard InChI is InChI=1S/C34H43FN2O4/c1-4-37(22-24-8-13-32(30(35)16-24)41-15-14-36-21-23-6-5-7-23)31-20-34(40-3)33(39-2)19-29(31)27-10-9-26-18-28(38)12-11-25(26)17-27/h8,11-13,16,18-20,23,27,36,38H,4-7,9-10,14-15,17,21-22H2,1-3H3/t27-/m1/s1. The van der Waals surface area contributed by atoms with Gasteiger partial charge >= 0.3 is 0 Å². The molecule has 0 heterocycles. The summed E-state index contributed by atoms with van der Waals surface area (Å²) < 4.78 is 32.2. The van der Waals surface area contributed by atoms with Crippen molar-refractivity contribution in [2.45, 2.75) is 57.9 Å². The van der Waals surface area contributed by atoms with Gasteiger partial charge in [0.2, 0.25) is 0 Å². The van der Waals surface area contributed by atoms with Gasteiger partial charge in [-0.25, -0.2) is 4.39 Å². The van der Waals surface area contributed by atoms with Gasteiger partial charge in [0.25, 0.3) is 0 Å². The lowest BCUT2D eigenvalue weighted by atomic mass is 9.79. The molecule has 1 fully saturated rings. The van der Waals surface area contributed by atoms with Gasteiger partial charge < -0.3 is 29.5 Å². The van der Waals surface area contributed by atoms with Crippen LogP contribution in [0.3, 0.4) is 0 Å². The summed E-state index contributed by atoms with van der Waals surface area (Å²) in [5.41, 5.74) is 5.61. The van der Waals surface area contributed by atoms with Gasteiger partial charge in [-0.2, -0.15) is 0 Å². The Morgan fingerprint density at radius 1 is 0.951 bits per heavy atom. The van der Waals surface area contributed by atoms with Crippen molar-refractivity contribution in [1.82, 2.24) is 5.32 Å². The average molecular weight is 563 g/mol. The Morgan fingerprint density at radius 3 is 2.46 bits per heavy atom. The number of phenolic OH excluding ortho intramolecular Hbond substituents is 1. The lowest BCUT2D eigenvalue weighted by Crippen LogP contribution is -2.30. The Morgan fingerprint density at radius 2 is 1.76 bits per heavy atom. The number of anilines is 1. The van der Waals surface area contributed by atoms with Crippen LogP contribution in [0.25, 0.3) is 0 Å². The highest BCUT2D eigenvalue weighted by Gasteiger charge is 2.26. The first-order chi connectivity index (χ1) is 20.0. The van der Waals surface area contributed by atoms with Crippen molar-refractivity contribution >= 4 is 5.69 Å². The number of nitrogens with one attached hydrogen (secondary N) is 1. The molecule has 6 nitrogen and oxygen atoms in total. The number of hydrogen-bond acceptors (Lipinski definition) is 6. The zero-order valence-electron chi connectivity index (χ0n) is 24.5. The number of methoxy groups -OCH3 is 2. The molecular weight excluding hydrogens is 519 g/mol. The Labute approximate surface area is 243 Å². The van der Waals surface area contributed by atoms with Gasteiger partial charge in [0.1, 0.15) is 12.4 Å². The second-order valence-electron chi connectivity index (χ2n) is 11.3. The zero-order valence-corrected chi connectivity index (χ0v) is 24.5. The number of halogens is 1. The van der Waals surface area contributed by atoms with Crippen LogP contribution in [0.4, 0.5) is 10.1 Å². The molecule has 0 radical (unpaired) electrons. The van der Waals surface area contributed by atoms with Gasteiger partial charge in [0, 0.05) is 31.4 Å². The SMILES string of the molecule is CCN(Cc1ccc(OCCNCC2CCC2)c(F)c1)c1cc(OC)c(OC)cc1[C@@H]1CCc2cc(O)ccc2C1. The summed E-state index contributed by atoms with van der Waals surface area (Å²) in [7, 11) is 3.31. The second kappa shape index (κ2) is 13.5. The number of benzene rings is 3. The Kier molecular flexibility index (Phi) is 9.55. The summed E-state index contributed by atoms with van der Waals surface area (Å²) in [5.74, 6) is 2.72. The molecule has 1 atom stereocenters. The van der Waals surface area contributed by atoms with E-state index in [0.29, 0.717) is 36.1 Å². The summed E-state index contributed by atoms with van der Waals surface area (Å²) in [6.07, 6.45) is 6.70. The second-order valence-corrected chi connectivity index (χ2v) is 11.3. The number of phenols is 1. The number of aromatic hydroxyl groups is 1. The quantitative estimate of drug-likeness (QED) is 0.229. The summed E-state index contributed by atoms with van der Waals surface area (Å²) >= 11 is 0. The molecule has 2 aliphatic rings. The number of aryl methyl sites for hydroxylation is 1. The predicted octanol–water partition coefficient (Wildman–Crippen LogP) is 6.62. The van der Waals surface area contributed by atoms with Crippen LogP contribution in [0.1, 0.15) is 60.8 Å². The molecule has 0 amide bonds. The van der Waals surface area contributed by atoms with Gasteiger partial charge in [-0.05, 0) is 110 Å². The fraction of sp³-hybridized carbons (Fsp3) is 0.471. The molecule has 3 aromatic carbocycles. The number of rotatable bonds is 13. The van der Waals surface area contributed by atoms with Gasteiger partial charge in [-0.15, -0.1) is 0 Å². The molecule has 7 heteroatoms. The van der Waals surface area contributed by atoms with Gasteiger partial charge in [0.15, 0.2) is 23.1 Å². The number of nitrogens with zero attached hydrogens (tertiary/aromatic N) is 1. The summed E-state index contributed by atoms with van der Waals surface area (Å²) in [6.45, 7) is 5.60. The molecule has 2 N–H and O–H groups in total. The minimum atomic E-state index is -0.336. The van der Waals surface area contributed by atoms with E-state index in [4.69, 9.17) is 14.2 Å². The number of ether oxygens (including phenoxy) is 3. The third-order valence-corrected chi connectivity index (χ3v) is 8.68. The van der Waals surface area contributed by atoms with Crippen LogP contribution in [-0.4, -0.2) is 45.6 Å². The van der Waals surface area contributed by atoms with Crippen molar-refractivity contribution in [3.63, 3.8) is 0 Å². The third-order valence-electron chi connectivity index (χ3n) is 8.68. The van der Waals surface area contributed by atoms with Crippen LogP contribution in [0, 0.1) is 11.7 Å². The molecule has 220 valence electrons. The van der Waals surface area contributed by atoms with E-state index in [-0.39, 0.29) is 11.7 Å². The topological polar surface area (TPSA) is 63.2 Å². The Hall–Kier alpha value is -3.45. The number of fused-ring (bicyclic) bond motifs is 1. The Bertz CT molecular complexity index is 1330. The number of hydrogen-bond donors (Lipinski definition) is 2. The van der Waals surface area contributed by atoms with Crippen LogP contribution < -0.4 is 24.4 Å². The maximum absolute atomic E-state index is 15.0. The normalized spacial score (nSPS) is 16.5. The maximum Gasteiger partial charge on any atom is 0.165 e. The first kappa shape index (κ1) is 29.1. The van der Waals surface area contributed by atoms with Crippen molar-refractivity contribution in [3.05, 3.63) is 76.6 Å². The molecule has 0 aromatic heterocycles. The molecule has 0 unspecified atom stereocenters. The lowest BCUT2D eigenvalue weighted by Gasteiger charge is -2.32. The predicted molar refractivity (Wildman–Crippen MR) is 161 cm³/mol. The van der Waals surface area contributed by atoms with Crippen LogP contribution in [0.2, 0.25) is 0 Å². The van der Waals surface area contributed by atoms with Crippen molar-refractivity contribution in [2.75, 3.05) is 45.4 Å². The fourth-order valence-electron chi connectivity index (χ4n) is 6.08. The van der Waals surface area contributed by atoms with E-state index in [1.165, 1.54) is 36.0 Å². The molecule has 1 saturated carbocycles. The highest BCUT2D eigenvalue weighted by Crippen LogP contribution is 2.43. The van der Waals surface area contributed by atoms with Crippen molar-refractivity contribution < 1.29 is 23.7 Å². The molecule has 41 heavy (non-hydrogen) atoms. The van der Waals surface area contributed by atoms with E-state index in [1.807, 2.05) is 18.2 Å². The van der Waals surface area contributed by atoms with E-state index in [9.17, 15) is 5.11 Å². The third kappa shape index (κ3) is 6.89. The minimum Gasteiger partial charge on any atom is -0.508 e. The van der Waals surface area contributed by atoms with Gasteiger partial charge in [-0.1, -0.05) is 18.6 Å². The van der Waals surface area contributed by atoms with E-state index in [2.05, 4.69) is 29.3 Å². The monoisotopic (exact) mass is 562 g/mol. The zero-order chi connectivity index (χ0) is 28.8. The average Bonchev–Trinajstić information content (AvgIpc) is 2.96. The Balaban J connectivity index is 1.32. The van der Waals surface area contributed by atoms with E-state index >= 15 is 4.39 Å². The first-order valence-electron chi connectivity index (χ1n) is 14.9. The van der Waals surface area contributed by atoms with Crippen molar-refractivity contribution in [2.24, 2.45) is 5.92 Å². The molecule has 0 bridgehead atoms. The molecule has 2 aliphatic carbocycles. The summed E-state index contributed by atoms with van der Waals surface area (Å²) in [5, 5.41) is 13.4. The van der Waals surface area contributed by atoms with Crippen LogP contribution in [-0.2, 0) is 19.4 Å². The van der Waals surface area contributed by atoms with Gasteiger partial charge in [-0.3, -0.25) is 0 Å². The van der Waals surface area contributed by atoms with Gasteiger partial charge in [0.05, 0.1) is 14.2 Å². The van der Waals surface area contributed by atoms with E-state index in [0.717, 1.165) is 56.1 Å². The highest BCUT2D eigenvalue weighted by atomic mass is 19.1. The molecular formula is C34H43FN2O4. The highest BCUT2D eigenvalue weighted by molar-refractivity contribution is 5.64. The summed E-state index contributed by atoms with van der Waals surface area (Å²) in [6, 6.07) is 15.1. The molecule has 0 spiro atoms. The molecule has 0 aliphatic heterocycles. The largest absolute Gasteiger partial charge is 0.508 e. The minimum absolute atomic E-state index is 0.279. The van der Waals surface area contributed by atoms with Crippen LogP contribution in [0.15, 0.2) is 48.5 Å². The molecule has 5 rings (SSSR count). The first-order valence-corrected chi connectivity index (χ1v) is 14.9. The van der Waals surface area contributed by atoms with Crippen molar-refractivity contribution in [3.8, 4) is 23.0 Å². The van der Waals surface area contributed by atoms with E-state index < -0.39 is 0 Å². The molecule has 0 saturated heterocycles.